The highest BCUT2D eigenvalue weighted by molar-refractivity contribution is 5.67. The van der Waals surface area contributed by atoms with Crippen molar-refractivity contribution >= 4 is 6.29 Å². The molecule has 2 rings (SSSR count). The van der Waals surface area contributed by atoms with Crippen molar-refractivity contribution in [3.8, 4) is 0 Å². The van der Waals surface area contributed by atoms with Gasteiger partial charge in [0.15, 0.2) is 0 Å². The lowest BCUT2D eigenvalue weighted by atomic mass is 9.96. The molecule has 0 N–H and O–H groups in total. The average molecular weight is 216 g/mol. The zero-order valence-electron chi connectivity index (χ0n) is 8.38. The summed E-state index contributed by atoms with van der Waals surface area (Å²) in [6.07, 6.45) is 2.18. The lowest BCUT2D eigenvalue weighted by Gasteiger charge is -2.09. The van der Waals surface area contributed by atoms with E-state index < -0.39 is 11.7 Å². The Bertz CT molecular complexity index is 487. The number of rotatable bonds is 3. The summed E-state index contributed by atoms with van der Waals surface area (Å²) in [7, 11) is 0. The van der Waals surface area contributed by atoms with E-state index in [-0.39, 0.29) is 0 Å². The van der Waals surface area contributed by atoms with E-state index in [2.05, 4.69) is 10.2 Å². The fourth-order valence-electron chi connectivity index (χ4n) is 1.51. The molecule has 1 aromatic carbocycles. The largest absolute Gasteiger partial charge is 0.302 e. The Morgan fingerprint density at radius 2 is 2.00 bits per heavy atom. The number of nitrogens with zero attached hydrogens (tertiary/aromatic N) is 2. The summed E-state index contributed by atoms with van der Waals surface area (Å²) in [5.41, 5.74) is 0.764. The summed E-state index contributed by atoms with van der Waals surface area (Å²) in [5, 5.41) is 7.50. The van der Waals surface area contributed by atoms with E-state index >= 15 is 0 Å². The lowest BCUT2D eigenvalue weighted by Crippen LogP contribution is -2.07. The quantitative estimate of drug-likeness (QED) is 0.736. The summed E-state index contributed by atoms with van der Waals surface area (Å²) in [6, 6.07) is 9.48. The maximum absolute atomic E-state index is 13.5. The van der Waals surface area contributed by atoms with Crippen molar-refractivity contribution in [1.82, 2.24) is 10.2 Å². The summed E-state index contributed by atoms with van der Waals surface area (Å²) >= 11 is 0. The molecule has 1 aromatic heterocycles. The second-order valence-corrected chi connectivity index (χ2v) is 3.28. The SMILES string of the molecule is O=C[C@H](c1cccnn1)c1ccccc1F. The Balaban J connectivity index is 2.45. The van der Waals surface area contributed by atoms with Gasteiger partial charge in [-0.2, -0.15) is 10.2 Å². The van der Waals surface area contributed by atoms with Crippen molar-refractivity contribution in [2.45, 2.75) is 5.92 Å². The number of hydrogen-bond acceptors (Lipinski definition) is 3. The van der Waals surface area contributed by atoms with E-state index in [0.717, 1.165) is 0 Å². The normalized spacial score (nSPS) is 12.1. The fraction of sp³-hybridized carbons (Fsp3) is 0.0833. The molecule has 1 atom stereocenters. The van der Waals surface area contributed by atoms with Gasteiger partial charge in [-0.15, -0.1) is 0 Å². The number of carbonyl (C=O) groups is 1. The highest BCUT2D eigenvalue weighted by Crippen LogP contribution is 2.22. The summed E-state index contributed by atoms with van der Waals surface area (Å²) in [4.78, 5) is 11.0. The van der Waals surface area contributed by atoms with Crippen molar-refractivity contribution in [3.05, 3.63) is 59.7 Å². The Morgan fingerprint density at radius 1 is 1.19 bits per heavy atom. The van der Waals surface area contributed by atoms with Gasteiger partial charge < -0.3 is 4.79 Å². The van der Waals surface area contributed by atoms with Crippen LogP contribution >= 0.6 is 0 Å². The molecular formula is C12H9FN2O. The maximum atomic E-state index is 13.5. The minimum Gasteiger partial charge on any atom is -0.302 e. The predicted molar refractivity (Wildman–Crippen MR) is 56.3 cm³/mol. The van der Waals surface area contributed by atoms with Crippen molar-refractivity contribution in [2.24, 2.45) is 0 Å². The smallest absolute Gasteiger partial charge is 0.133 e. The number of hydrogen-bond donors (Lipinski definition) is 0. The van der Waals surface area contributed by atoms with Crippen molar-refractivity contribution in [1.29, 1.82) is 0 Å². The van der Waals surface area contributed by atoms with E-state index in [4.69, 9.17) is 0 Å². The van der Waals surface area contributed by atoms with E-state index in [9.17, 15) is 9.18 Å². The Kier molecular flexibility index (Phi) is 3.00. The maximum Gasteiger partial charge on any atom is 0.133 e. The molecule has 0 saturated heterocycles. The number of halogens is 1. The van der Waals surface area contributed by atoms with E-state index in [0.29, 0.717) is 17.5 Å². The second-order valence-electron chi connectivity index (χ2n) is 3.28. The topological polar surface area (TPSA) is 42.9 Å². The molecule has 2 aromatic rings. The van der Waals surface area contributed by atoms with Crippen molar-refractivity contribution in [2.75, 3.05) is 0 Å². The Hall–Kier alpha value is -2.10. The van der Waals surface area contributed by atoms with Crippen LogP contribution in [0.5, 0.6) is 0 Å². The summed E-state index contributed by atoms with van der Waals surface area (Å²) < 4.78 is 13.5. The number of carbonyl (C=O) groups excluding carboxylic acids is 1. The first-order valence-corrected chi connectivity index (χ1v) is 4.80. The van der Waals surface area contributed by atoms with Gasteiger partial charge in [0.1, 0.15) is 12.1 Å². The predicted octanol–water partition coefficient (Wildman–Crippen LogP) is 1.95. The molecular weight excluding hydrogens is 207 g/mol. The Morgan fingerprint density at radius 3 is 2.62 bits per heavy atom. The van der Waals surface area contributed by atoms with Gasteiger partial charge in [-0.05, 0) is 18.2 Å². The third-order valence-corrected chi connectivity index (χ3v) is 2.29. The van der Waals surface area contributed by atoms with Gasteiger partial charge in [0.2, 0.25) is 0 Å². The third-order valence-electron chi connectivity index (χ3n) is 2.29. The number of benzene rings is 1. The molecule has 16 heavy (non-hydrogen) atoms. The average Bonchev–Trinajstić information content (AvgIpc) is 2.34. The minimum absolute atomic E-state index is 0.318. The van der Waals surface area contributed by atoms with Gasteiger partial charge in [0, 0.05) is 11.8 Å². The molecule has 0 amide bonds. The summed E-state index contributed by atoms with van der Waals surface area (Å²) in [6.45, 7) is 0. The van der Waals surface area contributed by atoms with Crippen LogP contribution in [-0.2, 0) is 4.79 Å². The Labute approximate surface area is 92.0 Å². The van der Waals surface area contributed by atoms with Crippen LogP contribution in [0, 0.1) is 5.82 Å². The monoisotopic (exact) mass is 216 g/mol. The molecule has 0 aliphatic heterocycles. The van der Waals surface area contributed by atoms with Crippen LogP contribution in [0.4, 0.5) is 4.39 Å². The molecule has 0 saturated carbocycles. The molecule has 0 aliphatic carbocycles. The fourth-order valence-corrected chi connectivity index (χ4v) is 1.51. The lowest BCUT2D eigenvalue weighted by molar-refractivity contribution is -0.108. The van der Waals surface area contributed by atoms with Crippen molar-refractivity contribution < 1.29 is 9.18 Å². The molecule has 0 fully saturated rings. The molecule has 0 bridgehead atoms. The van der Waals surface area contributed by atoms with E-state index in [1.807, 2.05) is 0 Å². The van der Waals surface area contributed by atoms with Crippen LogP contribution < -0.4 is 0 Å². The second kappa shape index (κ2) is 4.61. The van der Waals surface area contributed by atoms with Crippen molar-refractivity contribution in [3.63, 3.8) is 0 Å². The standard InChI is InChI=1S/C12H9FN2O/c13-11-5-2-1-4-9(11)10(8-16)12-6-3-7-14-15-12/h1-8,10H/t10-/m0/s1. The third kappa shape index (κ3) is 1.95. The van der Waals surface area contributed by atoms with Crippen LogP contribution in [0.15, 0.2) is 42.6 Å². The minimum atomic E-state index is -0.699. The zero-order valence-corrected chi connectivity index (χ0v) is 8.38. The van der Waals surface area contributed by atoms with Crippen LogP contribution in [0.2, 0.25) is 0 Å². The molecule has 0 radical (unpaired) electrons. The van der Waals surface area contributed by atoms with Gasteiger partial charge >= 0.3 is 0 Å². The van der Waals surface area contributed by atoms with Gasteiger partial charge in [-0.1, -0.05) is 18.2 Å². The highest BCUT2D eigenvalue weighted by Gasteiger charge is 2.17. The molecule has 0 aliphatic rings. The first-order valence-electron chi connectivity index (χ1n) is 4.80. The van der Waals surface area contributed by atoms with Crippen LogP contribution in [0.25, 0.3) is 0 Å². The van der Waals surface area contributed by atoms with E-state index in [1.54, 1.807) is 30.3 Å². The molecule has 80 valence electrons. The number of aldehydes is 1. The first-order chi connectivity index (χ1) is 7.83. The number of aromatic nitrogens is 2. The molecule has 3 nitrogen and oxygen atoms in total. The highest BCUT2D eigenvalue weighted by atomic mass is 19.1. The van der Waals surface area contributed by atoms with Crippen LogP contribution in [0.3, 0.4) is 0 Å². The van der Waals surface area contributed by atoms with Crippen LogP contribution in [0.1, 0.15) is 17.2 Å². The molecule has 0 unspecified atom stereocenters. The van der Waals surface area contributed by atoms with Gasteiger partial charge in [0.05, 0.1) is 11.6 Å². The van der Waals surface area contributed by atoms with Gasteiger partial charge in [-0.25, -0.2) is 4.39 Å². The first kappa shape index (κ1) is 10.4. The summed E-state index contributed by atoms with van der Waals surface area (Å²) in [5.74, 6) is -1.11. The molecule has 1 heterocycles. The van der Waals surface area contributed by atoms with Gasteiger partial charge in [0.25, 0.3) is 0 Å². The van der Waals surface area contributed by atoms with E-state index in [1.165, 1.54) is 12.3 Å². The van der Waals surface area contributed by atoms with Gasteiger partial charge in [-0.3, -0.25) is 0 Å². The zero-order chi connectivity index (χ0) is 11.4. The molecule has 0 spiro atoms. The molecule has 4 heteroatoms. The van der Waals surface area contributed by atoms with Crippen LogP contribution in [-0.4, -0.2) is 16.5 Å².